The van der Waals surface area contributed by atoms with Gasteiger partial charge in [0.2, 0.25) is 0 Å². The molecule has 1 saturated heterocycles. The molecular formula is C19H24N2O3S. The Labute approximate surface area is 152 Å². The summed E-state index contributed by atoms with van der Waals surface area (Å²) in [5, 5.41) is 3.59. The number of carbonyl (C=O) groups excluding carboxylic acids is 1. The first-order valence-electron chi connectivity index (χ1n) is 8.79. The number of ether oxygens (including phenoxy) is 2. The fraction of sp³-hybridized carbons (Fsp3) is 0.474. The standard InChI is InChI=1S/C19H24N2O3S/c1-3-24-15-11-7-8-13(17(15)23-2)12-16-18(22)21-19(25-16)20-14-9-5-4-6-10-14/h7-8,11-12,14H,3-6,9-10H2,1-2H3,(H,20,21,22)/b16-12-. The molecule has 1 heterocycles. The van der Waals surface area contributed by atoms with E-state index in [0.29, 0.717) is 34.2 Å². The number of hydrogen-bond donors (Lipinski definition) is 1. The van der Waals surface area contributed by atoms with Crippen LogP contribution in [0, 0.1) is 0 Å². The lowest BCUT2D eigenvalue weighted by Gasteiger charge is -2.17. The van der Waals surface area contributed by atoms with Crippen molar-refractivity contribution in [3.63, 3.8) is 0 Å². The van der Waals surface area contributed by atoms with E-state index in [1.54, 1.807) is 7.11 Å². The van der Waals surface area contributed by atoms with Crippen LogP contribution in [-0.2, 0) is 4.79 Å². The van der Waals surface area contributed by atoms with Gasteiger partial charge in [0.1, 0.15) is 0 Å². The molecule has 0 radical (unpaired) electrons. The van der Waals surface area contributed by atoms with E-state index in [1.165, 1.54) is 31.0 Å². The van der Waals surface area contributed by atoms with Crippen molar-refractivity contribution in [2.24, 2.45) is 4.99 Å². The minimum atomic E-state index is -0.108. The molecule has 1 aliphatic heterocycles. The average Bonchev–Trinajstić information content (AvgIpc) is 2.95. The molecule has 2 aliphatic rings. The number of rotatable bonds is 5. The third-order valence-electron chi connectivity index (χ3n) is 4.33. The number of nitrogens with one attached hydrogen (secondary N) is 1. The molecule has 1 amide bonds. The van der Waals surface area contributed by atoms with Crippen LogP contribution in [0.4, 0.5) is 0 Å². The van der Waals surface area contributed by atoms with Crippen molar-refractivity contribution in [1.29, 1.82) is 0 Å². The summed E-state index contributed by atoms with van der Waals surface area (Å²) in [5.74, 6) is 1.21. The molecule has 0 unspecified atom stereocenters. The summed E-state index contributed by atoms with van der Waals surface area (Å²) in [6.07, 6.45) is 7.81. The van der Waals surface area contributed by atoms with Crippen LogP contribution in [0.5, 0.6) is 11.5 Å². The van der Waals surface area contributed by atoms with Crippen LogP contribution in [0.1, 0.15) is 44.6 Å². The zero-order chi connectivity index (χ0) is 17.6. The van der Waals surface area contributed by atoms with Gasteiger partial charge < -0.3 is 14.8 Å². The fourth-order valence-corrected chi connectivity index (χ4v) is 4.02. The maximum atomic E-state index is 12.3. The maximum Gasteiger partial charge on any atom is 0.264 e. The molecule has 1 aromatic rings. The fourth-order valence-electron chi connectivity index (χ4n) is 3.14. The number of para-hydroxylation sites is 1. The lowest BCUT2D eigenvalue weighted by molar-refractivity contribution is -0.115. The molecule has 1 aliphatic carbocycles. The highest BCUT2D eigenvalue weighted by atomic mass is 32.2. The molecule has 1 saturated carbocycles. The molecule has 6 heteroatoms. The Bertz CT molecular complexity index is 694. The minimum absolute atomic E-state index is 0.108. The van der Waals surface area contributed by atoms with E-state index in [2.05, 4.69) is 5.32 Å². The lowest BCUT2D eigenvalue weighted by Crippen LogP contribution is -2.22. The first kappa shape index (κ1) is 17.9. The van der Waals surface area contributed by atoms with Gasteiger partial charge in [0.15, 0.2) is 16.7 Å². The topological polar surface area (TPSA) is 59.9 Å². The molecule has 3 rings (SSSR count). The van der Waals surface area contributed by atoms with Crippen molar-refractivity contribution >= 4 is 28.9 Å². The van der Waals surface area contributed by atoms with Crippen LogP contribution in [0.15, 0.2) is 28.1 Å². The number of nitrogens with zero attached hydrogens (tertiary/aromatic N) is 1. The number of aliphatic imine (C=N–C) groups is 1. The van der Waals surface area contributed by atoms with Gasteiger partial charge in [-0.3, -0.25) is 9.79 Å². The van der Waals surface area contributed by atoms with Gasteiger partial charge in [-0.15, -0.1) is 0 Å². The van der Waals surface area contributed by atoms with Crippen molar-refractivity contribution < 1.29 is 14.3 Å². The third-order valence-corrected chi connectivity index (χ3v) is 5.25. The first-order valence-corrected chi connectivity index (χ1v) is 9.61. The normalized spacial score (nSPS) is 21.6. The van der Waals surface area contributed by atoms with Crippen LogP contribution in [-0.4, -0.2) is 30.8 Å². The number of benzene rings is 1. The Morgan fingerprint density at radius 3 is 2.84 bits per heavy atom. The van der Waals surface area contributed by atoms with Gasteiger partial charge in [-0.25, -0.2) is 0 Å². The summed E-state index contributed by atoms with van der Waals surface area (Å²) >= 11 is 1.40. The van der Waals surface area contributed by atoms with Crippen LogP contribution in [0.2, 0.25) is 0 Å². The summed E-state index contributed by atoms with van der Waals surface area (Å²) in [7, 11) is 1.61. The van der Waals surface area contributed by atoms with E-state index in [1.807, 2.05) is 31.2 Å². The number of amides is 1. The Morgan fingerprint density at radius 2 is 2.12 bits per heavy atom. The summed E-state index contributed by atoms with van der Waals surface area (Å²) in [6, 6.07) is 6.02. The van der Waals surface area contributed by atoms with Gasteiger partial charge in [0.25, 0.3) is 5.91 Å². The highest BCUT2D eigenvalue weighted by Gasteiger charge is 2.26. The number of thioether (sulfide) groups is 1. The van der Waals surface area contributed by atoms with Gasteiger partial charge in [-0.1, -0.05) is 31.4 Å². The number of hydrogen-bond acceptors (Lipinski definition) is 5. The van der Waals surface area contributed by atoms with E-state index < -0.39 is 0 Å². The highest BCUT2D eigenvalue weighted by Crippen LogP contribution is 2.35. The summed E-state index contributed by atoms with van der Waals surface area (Å²) in [6.45, 7) is 2.49. The van der Waals surface area contributed by atoms with Crippen molar-refractivity contribution in [1.82, 2.24) is 5.32 Å². The summed E-state index contributed by atoms with van der Waals surface area (Å²) in [4.78, 5) is 17.6. The van der Waals surface area contributed by atoms with E-state index >= 15 is 0 Å². The van der Waals surface area contributed by atoms with Crippen molar-refractivity contribution in [3.05, 3.63) is 28.7 Å². The predicted molar refractivity (Wildman–Crippen MR) is 102 cm³/mol. The van der Waals surface area contributed by atoms with E-state index in [9.17, 15) is 4.79 Å². The molecular weight excluding hydrogens is 336 g/mol. The van der Waals surface area contributed by atoms with E-state index in [0.717, 1.165) is 18.4 Å². The molecule has 0 bridgehead atoms. The third kappa shape index (κ3) is 4.37. The number of methoxy groups -OCH3 is 1. The molecule has 1 N–H and O–H groups in total. The number of carbonyl (C=O) groups is 1. The molecule has 0 atom stereocenters. The average molecular weight is 360 g/mol. The van der Waals surface area contributed by atoms with Crippen LogP contribution >= 0.6 is 11.8 Å². The van der Waals surface area contributed by atoms with Crippen molar-refractivity contribution in [2.45, 2.75) is 45.1 Å². The Balaban J connectivity index is 1.81. The second-order valence-electron chi connectivity index (χ2n) is 6.10. The highest BCUT2D eigenvalue weighted by molar-refractivity contribution is 8.18. The van der Waals surface area contributed by atoms with Gasteiger partial charge in [-0.2, -0.15) is 0 Å². The van der Waals surface area contributed by atoms with E-state index in [4.69, 9.17) is 14.5 Å². The number of amidine groups is 1. The summed E-state index contributed by atoms with van der Waals surface area (Å²) in [5.41, 5.74) is 0.824. The first-order chi connectivity index (χ1) is 12.2. The molecule has 1 aromatic carbocycles. The Kier molecular flexibility index (Phi) is 6.02. The second kappa shape index (κ2) is 8.43. The monoisotopic (exact) mass is 360 g/mol. The SMILES string of the molecule is CCOc1cccc(/C=C2\SC(=NC3CCCCC3)NC2=O)c1OC. The van der Waals surface area contributed by atoms with Crippen molar-refractivity contribution in [2.75, 3.05) is 13.7 Å². The second-order valence-corrected chi connectivity index (χ2v) is 7.13. The lowest BCUT2D eigenvalue weighted by atomic mass is 9.96. The Morgan fingerprint density at radius 1 is 1.32 bits per heavy atom. The van der Waals surface area contributed by atoms with Gasteiger partial charge in [-0.05, 0) is 43.7 Å². The van der Waals surface area contributed by atoms with Gasteiger partial charge >= 0.3 is 0 Å². The predicted octanol–water partition coefficient (Wildman–Crippen LogP) is 3.99. The maximum absolute atomic E-state index is 12.3. The van der Waals surface area contributed by atoms with Crippen LogP contribution < -0.4 is 14.8 Å². The molecule has 2 fully saturated rings. The van der Waals surface area contributed by atoms with Gasteiger partial charge in [0, 0.05) is 5.56 Å². The van der Waals surface area contributed by atoms with Crippen LogP contribution in [0.25, 0.3) is 6.08 Å². The Hall–Kier alpha value is -1.95. The smallest absolute Gasteiger partial charge is 0.264 e. The largest absolute Gasteiger partial charge is 0.492 e. The van der Waals surface area contributed by atoms with E-state index in [-0.39, 0.29) is 5.91 Å². The minimum Gasteiger partial charge on any atom is -0.492 e. The quantitative estimate of drug-likeness (QED) is 0.807. The van der Waals surface area contributed by atoms with Gasteiger partial charge in [0.05, 0.1) is 24.7 Å². The molecule has 5 nitrogen and oxygen atoms in total. The van der Waals surface area contributed by atoms with Crippen molar-refractivity contribution in [3.8, 4) is 11.5 Å². The molecule has 25 heavy (non-hydrogen) atoms. The molecule has 0 spiro atoms. The molecule has 0 aromatic heterocycles. The zero-order valence-electron chi connectivity index (χ0n) is 14.7. The summed E-state index contributed by atoms with van der Waals surface area (Å²) < 4.78 is 11.1. The van der Waals surface area contributed by atoms with Crippen LogP contribution in [0.3, 0.4) is 0 Å². The molecule has 134 valence electrons. The zero-order valence-corrected chi connectivity index (χ0v) is 15.5.